The molecule has 0 radical (unpaired) electrons. The summed E-state index contributed by atoms with van der Waals surface area (Å²) in [5.74, 6) is -0.668. The van der Waals surface area contributed by atoms with Crippen LogP contribution in [0.5, 0.6) is 0 Å². The molecule has 0 aromatic carbocycles. The van der Waals surface area contributed by atoms with Crippen LogP contribution in [0, 0.1) is 11.8 Å². The Morgan fingerprint density at radius 2 is 0.500 bits per heavy atom. The van der Waals surface area contributed by atoms with E-state index in [0.717, 1.165) is 95.8 Å². The van der Waals surface area contributed by atoms with Crippen LogP contribution in [-0.4, -0.2) is 96.7 Å². The highest BCUT2D eigenvalue weighted by molar-refractivity contribution is 7.47. The van der Waals surface area contributed by atoms with E-state index in [1.807, 2.05) is 0 Å². The van der Waals surface area contributed by atoms with Gasteiger partial charge in [0.25, 0.3) is 0 Å². The van der Waals surface area contributed by atoms with Crippen LogP contribution in [0.25, 0.3) is 0 Å². The minimum Gasteiger partial charge on any atom is -0.462 e. The first-order chi connectivity index (χ1) is 44.4. The van der Waals surface area contributed by atoms with Crippen molar-refractivity contribution < 1.29 is 80.2 Å². The van der Waals surface area contributed by atoms with Gasteiger partial charge in [-0.05, 0) is 37.5 Å². The number of ether oxygens (including phenoxy) is 4. The van der Waals surface area contributed by atoms with Gasteiger partial charge < -0.3 is 33.8 Å². The Hall–Kier alpha value is -1.94. The topological polar surface area (TPSA) is 237 Å². The normalized spacial score (nSPS) is 14.1. The largest absolute Gasteiger partial charge is 0.472 e. The smallest absolute Gasteiger partial charge is 0.462 e. The molecule has 0 aliphatic rings. The van der Waals surface area contributed by atoms with Crippen molar-refractivity contribution in [3.63, 3.8) is 0 Å². The molecule has 19 heteroatoms. The number of phosphoric ester groups is 2. The van der Waals surface area contributed by atoms with Crippen molar-refractivity contribution in [2.24, 2.45) is 11.8 Å². The first-order valence-electron chi connectivity index (χ1n) is 38.0. The van der Waals surface area contributed by atoms with Gasteiger partial charge in [-0.1, -0.05) is 324 Å². The van der Waals surface area contributed by atoms with Gasteiger partial charge in [-0.25, -0.2) is 9.13 Å². The van der Waals surface area contributed by atoms with E-state index in [9.17, 15) is 43.2 Å². The van der Waals surface area contributed by atoms with Crippen LogP contribution in [0.3, 0.4) is 0 Å². The molecule has 5 atom stereocenters. The Morgan fingerprint density at radius 1 is 0.293 bits per heavy atom. The summed E-state index contributed by atoms with van der Waals surface area (Å²) >= 11 is 0. The maximum Gasteiger partial charge on any atom is 0.472 e. The fraction of sp³-hybridized carbons (Fsp3) is 0.945. The van der Waals surface area contributed by atoms with Crippen LogP contribution in [0.15, 0.2) is 0 Å². The molecular formula is C73H142O17P2. The number of esters is 4. The summed E-state index contributed by atoms with van der Waals surface area (Å²) in [5, 5.41) is 10.6. The molecule has 0 fully saturated rings. The highest BCUT2D eigenvalue weighted by Crippen LogP contribution is 2.45. The Bertz CT molecular complexity index is 1790. The molecule has 0 aromatic heterocycles. The molecular weight excluding hydrogens is 1210 g/mol. The van der Waals surface area contributed by atoms with Gasteiger partial charge in [-0.2, -0.15) is 0 Å². The Labute approximate surface area is 562 Å². The fourth-order valence-corrected chi connectivity index (χ4v) is 12.7. The summed E-state index contributed by atoms with van der Waals surface area (Å²) in [6.07, 6.45) is 51.5. The number of hydrogen-bond acceptors (Lipinski definition) is 15. The predicted octanol–water partition coefficient (Wildman–Crippen LogP) is 21.2. The Kier molecular flexibility index (Phi) is 63.7. The van der Waals surface area contributed by atoms with Crippen LogP contribution >= 0.6 is 15.6 Å². The van der Waals surface area contributed by atoms with E-state index < -0.39 is 97.5 Å². The zero-order valence-corrected chi connectivity index (χ0v) is 61.6. The monoisotopic (exact) mass is 1350 g/mol. The van der Waals surface area contributed by atoms with Crippen LogP contribution < -0.4 is 0 Å². The van der Waals surface area contributed by atoms with E-state index >= 15 is 0 Å². The van der Waals surface area contributed by atoms with Gasteiger partial charge in [0.15, 0.2) is 12.2 Å². The lowest BCUT2D eigenvalue weighted by Gasteiger charge is -2.21. The minimum atomic E-state index is -4.95. The van der Waals surface area contributed by atoms with Crippen molar-refractivity contribution in [3.05, 3.63) is 0 Å². The van der Waals surface area contributed by atoms with E-state index in [1.54, 1.807) is 0 Å². The van der Waals surface area contributed by atoms with Gasteiger partial charge >= 0.3 is 39.5 Å². The molecule has 0 saturated carbocycles. The lowest BCUT2D eigenvalue weighted by atomic mass is 10.0. The number of carbonyl (C=O) groups excluding carboxylic acids is 4. The third-order valence-corrected chi connectivity index (χ3v) is 18.9. The van der Waals surface area contributed by atoms with Crippen molar-refractivity contribution in [2.45, 2.75) is 394 Å². The zero-order valence-electron chi connectivity index (χ0n) is 59.9. The van der Waals surface area contributed by atoms with Crippen molar-refractivity contribution in [3.8, 4) is 0 Å². The standard InChI is InChI=1S/C73H142O17P2/c1-7-9-11-13-15-17-19-20-21-22-23-24-25-26-27-33-39-45-51-57-72(77)89-68(61-84-71(76)56-50-44-38-32-29-28-30-35-41-47-53-65(3)4)63-87-91(79,80)85-59-67(74)60-86-92(81,82)88-64-69(90-73(78)58-52-46-40-34-36-42-48-54-66(5)6)62-83-70(75)55-49-43-37-31-18-16-14-12-10-8-2/h65-69,74H,7-64H2,1-6H3,(H,79,80)(H,81,82)/t67-,68-,69-/m1/s1. The summed E-state index contributed by atoms with van der Waals surface area (Å²) in [4.78, 5) is 72.6. The van der Waals surface area contributed by atoms with Gasteiger partial charge in [0, 0.05) is 25.7 Å². The van der Waals surface area contributed by atoms with Crippen LogP contribution in [-0.2, 0) is 65.4 Å². The third-order valence-electron chi connectivity index (χ3n) is 17.0. The second-order valence-corrected chi connectivity index (χ2v) is 30.2. The van der Waals surface area contributed by atoms with Gasteiger partial charge in [0.1, 0.15) is 19.3 Å². The number of rotatable bonds is 72. The number of phosphoric acid groups is 2. The van der Waals surface area contributed by atoms with Gasteiger partial charge in [0.2, 0.25) is 0 Å². The van der Waals surface area contributed by atoms with Crippen LogP contribution in [0.2, 0.25) is 0 Å². The van der Waals surface area contributed by atoms with Crippen LogP contribution in [0.1, 0.15) is 375 Å². The maximum absolute atomic E-state index is 13.1. The quantitative estimate of drug-likeness (QED) is 0.0222. The molecule has 0 heterocycles. The molecule has 0 spiro atoms. The van der Waals surface area contributed by atoms with Crippen molar-refractivity contribution in [2.75, 3.05) is 39.6 Å². The molecule has 3 N–H and O–H groups in total. The minimum absolute atomic E-state index is 0.104. The number of aliphatic hydroxyl groups is 1. The molecule has 0 bridgehead atoms. The van der Waals surface area contributed by atoms with E-state index in [1.165, 1.54) is 193 Å². The molecule has 546 valence electrons. The summed E-state index contributed by atoms with van der Waals surface area (Å²) < 4.78 is 68.3. The Morgan fingerprint density at radius 3 is 0.739 bits per heavy atom. The van der Waals surface area contributed by atoms with E-state index in [-0.39, 0.29) is 25.7 Å². The lowest BCUT2D eigenvalue weighted by molar-refractivity contribution is -0.161. The van der Waals surface area contributed by atoms with E-state index in [2.05, 4.69) is 41.5 Å². The van der Waals surface area contributed by atoms with Gasteiger partial charge in [-0.3, -0.25) is 37.3 Å². The summed E-state index contributed by atoms with van der Waals surface area (Å²) in [7, 11) is -9.90. The molecule has 0 aromatic rings. The van der Waals surface area contributed by atoms with Crippen molar-refractivity contribution >= 4 is 39.5 Å². The molecule has 2 unspecified atom stereocenters. The summed E-state index contributed by atoms with van der Waals surface area (Å²) in [6.45, 7) is 9.49. The van der Waals surface area contributed by atoms with E-state index in [0.29, 0.717) is 31.6 Å². The number of aliphatic hydroxyl groups excluding tert-OH is 1. The summed E-state index contributed by atoms with van der Waals surface area (Å²) in [6, 6.07) is 0. The SMILES string of the molecule is CCCCCCCCCCCCCCCCCCCCCC(=O)O[C@H](COC(=O)CCCCCCCCCCCCC(C)C)COP(=O)(O)OC[C@@H](O)COP(=O)(O)OC[C@@H](COC(=O)CCCCCCCCCCCC)OC(=O)CCCCCCCCCC(C)C. The van der Waals surface area contributed by atoms with Crippen LogP contribution in [0.4, 0.5) is 0 Å². The van der Waals surface area contributed by atoms with Gasteiger partial charge in [-0.15, -0.1) is 0 Å². The predicted molar refractivity (Wildman–Crippen MR) is 372 cm³/mol. The van der Waals surface area contributed by atoms with Crippen molar-refractivity contribution in [1.82, 2.24) is 0 Å². The zero-order chi connectivity index (χ0) is 67.9. The third kappa shape index (κ3) is 66.7. The summed E-state index contributed by atoms with van der Waals surface area (Å²) in [5.41, 5.74) is 0. The average Bonchev–Trinajstić information content (AvgIpc) is 3.56. The number of hydrogen-bond donors (Lipinski definition) is 3. The number of carbonyl (C=O) groups is 4. The highest BCUT2D eigenvalue weighted by Gasteiger charge is 2.30. The first kappa shape index (κ1) is 90.1. The molecule has 0 aliphatic carbocycles. The van der Waals surface area contributed by atoms with Gasteiger partial charge in [0.05, 0.1) is 26.4 Å². The molecule has 0 amide bonds. The maximum atomic E-state index is 13.1. The fourth-order valence-electron chi connectivity index (χ4n) is 11.1. The lowest BCUT2D eigenvalue weighted by Crippen LogP contribution is -2.30. The molecule has 0 saturated heterocycles. The second kappa shape index (κ2) is 65.0. The van der Waals surface area contributed by atoms with E-state index in [4.69, 9.17) is 37.0 Å². The average molecular weight is 1350 g/mol. The molecule has 0 aliphatic heterocycles. The molecule has 92 heavy (non-hydrogen) atoms. The number of unbranched alkanes of at least 4 members (excludes halogenated alkanes) is 42. The second-order valence-electron chi connectivity index (χ2n) is 27.3. The molecule has 17 nitrogen and oxygen atoms in total. The molecule has 0 rings (SSSR count). The highest BCUT2D eigenvalue weighted by atomic mass is 31.2. The first-order valence-corrected chi connectivity index (χ1v) is 41.0. The Balaban J connectivity index is 5.21. The van der Waals surface area contributed by atoms with Crippen molar-refractivity contribution in [1.29, 1.82) is 0 Å².